The molecule has 1 aliphatic rings. The molecule has 0 bridgehead atoms. The Morgan fingerprint density at radius 3 is 2.22 bits per heavy atom. The summed E-state index contributed by atoms with van der Waals surface area (Å²) in [5, 5.41) is 4.47. The van der Waals surface area contributed by atoms with E-state index in [1.165, 1.54) is 0 Å². The molecule has 27 heavy (non-hydrogen) atoms. The molecule has 2 aromatic rings. The van der Waals surface area contributed by atoms with Gasteiger partial charge in [0, 0.05) is 29.7 Å². The molecule has 142 valence electrons. The standard InChI is InChI=1S/C19H16Cl4N2O2/c20-12-1-3-14(16(22)9-12)19(27)25-7-5-11(6-8-25)18(26)24-13-2-4-15(21)17(23)10-13/h1-4,9-11H,5-8H2,(H,24,26). The second-order valence-electron chi connectivity index (χ2n) is 6.31. The molecule has 0 unspecified atom stereocenters. The molecule has 0 saturated carbocycles. The second kappa shape index (κ2) is 8.70. The fraction of sp³-hybridized carbons (Fsp3) is 0.263. The molecule has 2 amide bonds. The summed E-state index contributed by atoms with van der Waals surface area (Å²) in [5.41, 5.74) is 1.01. The number of likely N-dealkylation sites (tertiary alicyclic amines) is 1. The monoisotopic (exact) mass is 444 g/mol. The van der Waals surface area contributed by atoms with Gasteiger partial charge < -0.3 is 10.2 Å². The van der Waals surface area contributed by atoms with Gasteiger partial charge in [-0.3, -0.25) is 9.59 Å². The first-order valence-corrected chi connectivity index (χ1v) is 9.86. The number of hydrogen-bond acceptors (Lipinski definition) is 2. The molecule has 1 saturated heterocycles. The van der Waals surface area contributed by atoms with Crippen LogP contribution in [0.4, 0.5) is 5.69 Å². The zero-order valence-corrected chi connectivity index (χ0v) is 17.2. The topological polar surface area (TPSA) is 49.4 Å². The minimum absolute atomic E-state index is 0.0926. The van der Waals surface area contributed by atoms with Gasteiger partial charge in [0.1, 0.15) is 0 Å². The third-order valence-corrected chi connectivity index (χ3v) is 5.79. The van der Waals surface area contributed by atoms with Crippen molar-refractivity contribution in [3.63, 3.8) is 0 Å². The van der Waals surface area contributed by atoms with E-state index in [9.17, 15) is 9.59 Å². The first kappa shape index (κ1) is 20.3. The number of anilines is 1. The van der Waals surface area contributed by atoms with E-state index in [-0.39, 0.29) is 17.7 Å². The number of carbonyl (C=O) groups excluding carboxylic acids is 2. The fourth-order valence-electron chi connectivity index (χ4n) is 3.00. The van der Waals surface area contributed by atoms with E-state index in [2.05, 4.69) is 5.32 Å². The van der Waals surface area contributed by atoms with Crippen molar-refractivity contribution >= 4 is 63.9 Å². The molecule has 0 atom stereocenters. The largest absolute Gasteiger partial charge is 0.339 e. The summed E-state index contributed by atoms with van der Waals surface area (Å²) < 4.78 is 0. The number of hydrogen-bond donors (Lipinski definition) is 1. The van der Waals surface area contributed by atoms with Crippen LogP contribution in [-0.2, 0) is 4.79 Å². The van der Waals surface area contributed by atoms with Gasteiger partial charge in [-0.15, -0.1) is 0 Å². The number of rotatable bonds is 3. The molecular formula is C19H16Cl4N2O2. The van der Waals surface area contributed by atoms with Crippen LogP contribution in [0.15, 0.2) is 36.4 Å². The summed E-state index contributed by atoms with van der Waals surface area (Å²) in [6.07, 6.45) is 1.15. The van der Waals surface area contributed by atoms with Crippen molar-refractivity contribution in [2.45, 2.75) is 12.8 Å². The van der Waals surface area contributed by atoms with E-state index in [0.717, 1.165) is 0 Å². The van der Waals surface area contributed by atoms with Crippen LogP contribution in [0.25, 0.3) is 0 Å². The number of benzene rings is 2. The average Bonchev–Trinajstić information content (AvgIpc) is 2.64. The number of amides is 2. The Balaban J connectivity index is 1.58. The van der Waals surface area contributed by atoms with Gasteiger partial charge in [-0.05, 0) is 49.2 Å². The number of nitrogens with one attached hydrogen (secondary N) is 1. The zero-order valence-electron chi connectivity index (χ0n) is 14.1. The molecule has 8 heteroatoms. The van der Waals surface area contributed by atoms with Crippen molar-refractivity contribution in [1.29, 1.82) is 0 Å². The van der Waals surface area contributed by atoms with Crippen molar-refractivity contribution in [3.05, 3.63) is 62.1 Å². The molecule has 1 heterocycles. The molecule has 4 nitrogen and oxygen atoms in total. The lowest BCUT2D eigenvalue weighted by atomic mass is 9.95. The average molecular weight is 446 g/mol. The predicted molar refractivity (Wildman–Crippen MR) is 110 cm³/mol. The fourth-order valence-corrected chi connectivity index (χ4v) is 3.78. The Hall–Kier alpha value is -1.46. The van der Waals surface area contributed by atoms with E-state index in [4.69, 9.17) is 46.4 Å². The summed E-state index contributed by atoms with van der Waals surface area (Å²) in [5.74, 6) is -0.422. The van der Waals surface area contributed by atoms with Gasteiger partial charge in [-0.2, -0.15) is 0 Å². The van der Waals surface area contributed by atoms with Crippen molar-refractivity contribution in [2.75, 3.05) is 18.4 Å². The SMILES string of the molecule is O=C(Nc1ccc(Cl)c(Cl)c1)C1CCN(C(=O)c2ccc(Cl)cc2Cl)CC1. The normalized spacial score (nSPS) is 14.9. The number of nitrogens with zero attached hydrogens (tertiary/aromatic N) is 1. The molecule has 0 aliphatic carbocycles. The smallest absolute Gasteiger partial charge is 0.255 e. The highest BCUT2D eigenvalue weighted by molar-refractivity contribution is 6.42. The van der Waals surface area contributed by atoms with Gasteiger partial charge in [0.05, 0.1) is 20.6 Å². The third kappa shape index (κ3) is 4.88. The lowest BCUT2D eigenvalue weighted by Crippen LogP contribution is -2.41. The second-order valence-corrected chi connectivity index (χ2v) is 7.97. The van der Waals surface area contributed by atoms with Gasteiger partial charge >= 0.3 is 0 Å². The molecule has 1 aliphatic heterocycles. The Morgan fingerprint density at radius 1 is 0.889 bits per heavy atom. The summed E-state index contributed by atoms with van der Waals surface area (Å²) in [7, 11) is 0. The maximum absolute atomic E-state index is 12.6. The van der Waals surface area contributed by atoms with E-state index in [0.29, 0.717) is 57.3 Å². The lowest BCUT2D eigenvalue weighted by Gasteiger charge is -2.31. The van der Waals surface area contributed by atoms with Gasteiger partial charge in [-0.25, -0.2) is 0 Å². The van der Waals surface area contributed by atoms with E-state index in [1.54, 1.807) is 41.3 Å². The summed E-state index contributed by atoms with van der Waals surface area (Å²) in [6, 6.07) is 9.76. The van der Waals surface area contributed by atoms with Gasteiger partial charge in [0.25, 0.3) is 5.91 Å². The lowest BCUT2D eigenvalue weighted by molar-refractivity contribution is -0.121. The van der Waals surface area contributed by atoms with E-state index >= 15 is 0 Å². The zero-order chi connectivity index (χ0) is 19.6. The van der Waals surface area contributed by atoms with Crippen LogP contribution in [0.1, 0.15) is 23.2 Å². The minimum atomic E-state index is -0.177. The molecule has 3 rings (SSSR count). The number of piperidine rings is 1. The summed E-state index contributed by atoms with van der Waals surface area (Å²) >= 11 is 23.9. The Bertz CT molecular complexity index is 880. The molecule has 0 spiro atoms. The van der Waals surface area contributed by atoms with E-state index in [1.807, 2.05) is 0 Å². The van der Waals surface area contributed by atoms with Crippen LogP contribution in [0.3, 0.4) is 0 Å². The maximum Gasteiger partial charge on any atom is 0.255 e. The highest BCUT2D eigenvalue weighted by Gasteiger charge is 2.28. The van der Waals surface area contributed by atoms with Crippen LogP contribution in [-0.4, -0.2) is 29.8 Å². The third-order valence-electron chi connectivity index (χ3n) is 4.50. The van der Waals surface area contributed by atoms with Crippen LogP contribution in [0.2, 0.25) is 20.1 Å². The molecule has 0 aromatic heterocycles. The van der Waals surface area contributed by atoms with E-state index < -0.39 is 0 Å². The highest BCUT2D eigenvalue weighted by atomic mass is 35.5. The van der Waals surface area contributed by atoms with Crippen molar-refractivity contribution < 1.29 is 9.59 Å². The van der Waals surface area contributed by atoms with Crippen LogP contribution in [0, 0.1) is 5.92 Å². The highest BCUT2D eigenvalue weighted by Crippen LogP contribution is 2.27. The first-order chi connectivity index (χ1) is 12.8. The quantitative estimate of drug-likeness (QED) is 0.649. The molecule has 0 radical (unpaired) electrons. The summed E-state index contributed by atoms with van der Waals surface area (Å²) in [4.78, 5) is 26.8. The summed E-state index contributed by atoms with van der Waals surface area (Å²) in [6.45, 7) is 0.967. The van der Waals surface area contributed by atoms with Crippen LogP contribution in [0.5, 0.6) is 0 Å². The van der Waals surface area contributed by atoms with Gasteiger partial charge in [0.15, 0.2) is 0 Å². The van der Waals surface area contributed by atoms with Crippen LogP contribution >= 0.6 is 46.4 Å². The Labute approximate surface area is 177 Å². The first-order valence-electron chi connectivity index (χ1n) is 8.35. The van der Waals surface area contributed by atoms with Gasteiger partial charge in [-0.1, -0.05) is 46.4 Å². The Morgan fingerprint density at radius 2 is 1.59 bits per heavy atom. The molecule has 1 fully saturated rings. The predicted octanol–water partition coefficient (Wildman–Crippen LogP) is 5.79. The number of halogens is 4. The van der Waals surface area contributed by atoms with Crippen molar-refractivity contribution in [3.8, 4) is 0 Å². The van der Waals surface area contributed by atoms with Gasteiger partial charge in [0.2, 0.25) is 5.91 Å². The Kier molecular flexibility index (Phi) is 6.53. The van der Waals surface area contributed by atoms with Crippen LogP contribution < -0.4 is 5.32 Å². The molecular weight excluding hydrogens is 430 g/mol. The van der Waals surface area contributed by atoms with Crippen molar-refractivity contribution in [1.82, 2.24) is 4.90 Å². The molecule has 2 aromatic carbocycles. The van der Waals surface area contributed by atoms with Crippen molar-refractivity contribution in [2.24, 2.45) is 5.92 Å². The minimum Gasteiger partial charge on any atom is -0.339 e. The number of carbonyl (C=O) groups is 2. The maximum atomic E-state index is 12.6. The molecule has 1 N–H and O–H groups in total.